The Balaban J connectivity index is 2.02. The van der Waals surface area contributed by atoms with Crippen LogP contribution in [-0.2, 0) is 13.6 Å². The maximum absolute atomic E-state index is 13.7. The molecule has 2 N–H and O–H groups in total. The van der Waals surface area contributed by atoms with Crippen molar-refractivity contribution in [1.29, 1.82) is 0 Å². The van der Waals surface area contributed by atoms with Gasteiger partial charge in [0.2, 0.25) is 0 Å². The van der Waals surface area contributed by atoms with Gasteiger partial charge in [0.1, 0.15) is 11.3 Å². The summed E-state index contributed by atoms with van der Waals surface area (Å²) in [6.07, 6.45) is 3.54. The molecule has 0 atom stereocenters. The number of nitrogens with zero attached hydrogens (tertiary/aromatic N) is 4. The lowest BCUT2D eigenvalue weighted by atomic mass is 10.1. The summed E-state index contributed by atoms with van der Waals surface area (Å²) >= 11 is 0.110. The number of aromatic nitrogens is 4. The predicted octanol–water partition coefficient (Wildman–Crippen LogP) is 3.44. The Morgan fingerprint density at radius 3 is 2.88 bits per heavy atom. The third-order valence-corrected chi connectivity index (χ3v) is 4.77. The number of benzene rings is 1. The zero-order chi connectivity index (χ0) is 17.6. The smallest absolute Gasteiger partial charge is 0.171 e. The van der Waals surface area contributed by atoms with Gasteiger partial charge in [0.05, 0.1) is 24.7 Å². The molecule has 4 aromatic rings. The highest BCUT2D eigenvalue weighted by atomic mass is 32.2. The molecule has 25 heavy (non-hydrogen) atoms. The average molecular weight is 357 g/mol. The molecular weight excluding hydrogens is 341 g/mol. The third-order valence-electron chi connectivity index (χ3n) is 4.26. The lowest BCUT2D eigenvalue weighted by molar-refractivity contribution is 0.415. The first-order valence-electron chi connectivity index (χ1n) is 7.66. The number of nitrogens with two attached hydrogens (primary N) is 1. The third kappa shape index (κ3) is 2.45. The van der Waals surface area contributed by atoms with Gasteiger partial charge in [0, 0.05) is 36.3 Å². The van der Waals surface area contributed by atoms with Crippen LogP contribution in [0.5, 0.6) is 5.75 Å². The Labute approximate surface area is 147 Å². The van der Waals surface area contributed by atoms with Crippen LogP contribution in [0.3, 0.4) is 0 Å². The fourth-order valence-corrected chi connectivity index (χ4v) is 3.48. The summed E-state index contributed by atoms with van der Waals surface area (Å²) in [4.78, 5) is 8.77. The molecule has 0 amide bonds. The molecule has 0 aliphatic heterocycles. The van der Waals surface area contributed by atoms with Crippen LogP contribution in [0.4, 0.5) is 3.89 Å². The minimum Gasteiger partial charge on any atom is -0.497 e. The van der Waals surface area contributed by atoms with Crippen molar-refractivity contribution in [1.82, 2.24) is 18.5 Å². The lowest BCUT2D eigenvalue weighted by Gasteiger charge is -2.04. The van der Waals surface area contributed by atoms with Crippen LogP contribution in [-0.4, -0.2) is 25.6 Å². The summed E-state index contributed by atoms with van der Waals surface area (Å²) in [5.41, 5.74) is 9.99. The minimum absolute atomic E-state index is 0.110. The molecule has 6 nitrogen and oxygen atoms in total. The number of halogens is 1. The maximum atomic E-state index is 13.7. The fourth-order valence-electron chi connectivity index (χ4n) is 3.05. The van der Waals surface area contributed by atoms with Crippen LogP contribution in [0.25, 0.3) is 33.3 Å². The van der Waals surface area contributed by atoms with E-state index in [4.69, 9.17) is 10.5 Å². The molecule has 3 aromatic heterocycles. The SMILES string of the molecule is COc1ccc2c(c1)c(-c1cc3nc(CN)cnc3n1SF)cn2C. The van der Waals surface area contributed by atoms with E-state index in [1.54, 1.807) is 13.3 Å². The van der Waals surface area contributed by atoms with E-state index in [1.807, 2.05) is 42.1 Å². The first-order chi connectivity index (χ1) is 12.2. The van der Waals surface area contributed by atoms with Crippen LogP contribution in [0.2, 0.25) is 0 Å². The molecular formula is C17H16FN5OS. The van der Waals surface area contributed by atoms with Gasteiger partial charge in [-0.3, -0.25) is 0 Å². The first kappa shape index (κ1) is 15.9. The molecule has 4 rings (SSSR count). The van der Waals surface area contributed by atoms with Crippen molar-refractivity contribution >= 4 is 34.4 Å². The topological polar surface area (TPSA) is 70.9 Å². The maximum Gasteiger partial charge on any atom is 0.171 e. The highest BCUT2D eigenvalue weighted by Gasteiger charge is 2.18. The fraction of sp³-hybridized carbons (Fsp3) is 0.176. The normalized spacial score (nSPS) is 11.5. The van der Waals surface area contributed by atoms with E-state index >= 15 is 0 Å². The van der Waals surface area contributed by atoms with E-state index in [0.29, 0.717) is 22.6 Å². The second-order valence-corrected chi connectivity index (χ2v) is 6.21. The van der Waals surface area contributed by atoms with Crippen molar-refractivity contribution in [2.75, 3.05) is 7.11 Å². The van der Waals surface area contributed by atoms with Gasteiger partial charge in [0.25, 0.3) is 0 Å². The van der Waals surface area contributed by atoms with Gasteiger partial charge < -0.3 is 15.0 Å². The molecule has 0 fully saturated rings. The monoisotopic (exact) mass is 357 g/mol. The predicted molar refractivity (Wildman–Crippen MR) is 98.0 cm³/mol. The van der Waals surface area contributed by atoms with Gasteiger partial charge in [0.15, 0.2) is 18.0 Å². The second kappa shape index (κ2) is 6.05. The summed E-state index contributed by atoms with van der Waals surface area (Å²) in [5.74, 6) is 0.747. The molecule has 0 saturated heterocycles. The van der Waals surface area contributed by atoms with Gasteiger partial charge in [-0.15, -0.1) is 3.89 Å². The van der Waals surface area contributed by atoms with Gasteiger partial charge in [-0.2, -0.15) is 0 Å². The van der Waals surface area contributed by atoms with Crippen LogP contribution in [0.15, 0.2) is 36.7 Å². The molecule has 8 heteroatoms. The summed E-state index contributed by atoms with van der Waals surface area (Å²) in [7, 11) is 3.58. The van der Waals surface area contributed by atoms with Crippen molar-refractivity contribution < 1.29 is 8.62 Å². The molecule has 3 heterocycles. The average Bonchev–Trinajstić information content (AvgIpc) is 3.17. The van der Waals surface area contributed by atoms with E-state index in [-0.39, 0.29) is 18.9 Å². The largest absolute Gasteiger partial charge is 0.497 e. The van der Waals surface area contributed by atoms with E-state index in [9.17, 15) is 3.89 Å². The van der Waals surface area contributed by atoms with Crippen LogP contribution >= 0.6 is 12.3 Å². The number of hydrogen-bond acceptors (Lipinski definition) is 5. The lowest BCUT2D eigenvalue weighted by Crippen LogP contribution is -2.00. The highest BCUT2D eigenvalue weighted by Crippen LogP contribution is 2.37. The quantitative estimate of drug-likeness (QED) is 0.606. The summed E-state index contributed by atoms with van der Waals surface area (Å²) in [6.45, 7) is 0.289. The Hall–Kier alpha value is -2.58. The second-order valence-electron chi connectivity index (χ2n) is 5.70. The van der Waals surface area contributed by atoms with Crippen LogP contribution in [0, 0.1) is 0 Å². The van der Waals surface area contributed by atoms with E-state index in [0.717, 1.165) is 22.2 Å². The molecule has 0 spiro atoms. The number of hydrogen-bond donors (Lipinski definition) is 1. The zero-order valence-electron chi connectivity index (χ0n) is 13.7. The molecule has 0 bridgehead atoms. The Bertz CT molecular complexity index is 1090. The molecule has 1 aromatic carbocycles. The first-order valence-corrected chi connectivity index (χ1v) is 8.33. The van der Waals surface area contributed by atoms with Gasteiger partial charge in [-0.05, 0) is 24.3 Å². The molecule has 0 radical (unpaired) electrons. The molecule has 0 saturated carbocycles. The van der Waals surface area contributed by atoms with Crippen molar-refractivity contribution in [3.8, 4) is 17.0 Å². The number of methoxy groups -OCH3 is 1. The van der Waals surface area contributed by atoms with Crippen molar-refractivity contribution in [2.24, 2.45) is 12.8 Å². The van der Waals surface area contributed by atoms with Crippen molar-refractivity contribution in [2.45, 2.75) is 6.54 Å². The Morgan fingerprint density at radius 1 is 1.32 bits per heavy atom. The molecule has 128 valence electrons. The molecule has 0 unspecified atom stereocenters. The van der Waals surface area contributed by atoms with E-state index in [1.165, 1.54) is 3.97 Å². The molecule has 0 aliphatic carbocycles. The highest BCUT2D eigenvalue weighted by molar-refractivity contribution is 7.93. The number of rotatable bonds is 4. The number of fused-ring (bicyclic) bond motifs is 2. The molecule has 0 aliphatic rings. The Morgan fingerprint density at radius 2 is 2.16 bits per heavy atom. The van der Waals surface area contributed by atoms with Gasteiger partial charge in [-0.25, -0.2) is 13.9 Å². The van der Waals surface area contributed by atoms with Gasteiger partial charge >= 0.3 is 0 Å². The van der Waals surface area contributed by atoms with Crippen molar-refractivity contribution in [3.05, 3.63) is 42.4 Å². The number of ether oxygens (including phenoxy) is 1. The van der Waals surface area contributed by atoms with E-state index in [2.05, 4.69) is 9.97 Å². The van der Waals surface area contributed by atoms with Crippen LogP contribution in [0.1, 0.15) is 5.69 Å². The van der Waals surface area contributed by atoms with Crippen molar-refractivity contribution in [3.63, 3.8) is 0 Å². The number of aryl methyl sites for hydroxylation is 1. The standard InChI is InChI=1S/C17H16FN5OS/c1-22-9-13(12-5-11(24-2)3-4-15(12)22)16-6-14-17(23(16)25-18)20-8-10(7-19)21-14/h3-6,8-9H,7,19H2,1-2H3. The Kier molecular flexibility index (Phi) is 3.85. The summed E-state index contributed by atoms with van der Waals surface area (Å²) < 4.78 is 22.5. The van der Waals surface area contributed by atoms with Crippen LogP contribution < -0.4 is 10.5 Å². The minimum atomic E-state index is 0.110. The van der Waals surface area contributed by atoms with Gasteiger partial charge in [-0.1, -0.05) is 0 Å². The van der Waals surface area contributed by atoms with E-state index < -0.39 is 0 Å². The summed E-state index contributed by atoms with van der Waals surface area (Å²) in [6, 6.07) is 7.67. The summed E-state index contributed by atoms with van der Waals surface area (Å²) in [5, 5.41) is 0.971. The zero-order valence-corrected chi connectivity index (χ0v) is 14.5.